The number of hydrogen-bond acceptors (Lipinski definition) is 4. The largest absolute Gasteiger partial charge is 0.508 e. The molecule has 0 amide bonds. The number of phenolic OH excluding ortho intramolecular Hbond substituents is 1. The number of nitrogens with one attached hydrogen (secondary N) is 1. The van der Waals surface area contributed by atoms with Crippen LogP contribution >= 0.6 is 0 Å². The average molecular weight is 289 g/mol. The van der Waals surface area contributed by atoms with Gasteiger partial charge in [0, 0.05) is 17.0 Å². The van der Waals surface area contributed by atoms with Crippen LogP contribution in [0.2, 0.25) is 0 Å². The molecule has 0 radical (unpaired) electrons. The molecule has 0 unspecified atom stereocenters. The number of carboxylic acids is 1. The molecule has 0 aromatic heterocycles. The van der Waals surface area contributed by atoms with Gasteiger partial charge >= 0.3 is 5.97 Å². The first kappa shape index (κ1) is 16.7. The lowest BCUT2D eigenvalue weighted by molar-refractivity contribution is 0.0698. The van der Waals surface area contributed by atoms with E-state index in [-0.39, 0.29) is 11.3 Å². The fourth-order valence-electron chi connectivity index (χ4n) is 1.71. The van der Waals surface area contributed by atoms with Crippen molar-refractivity contribution in [3.8, 4) is 5.75 Å². The first-order valence-electron chi connectivity index (χ1n) is 6.52. The van der Waals surface area contributed by atoms with Crippen molar-refractivity contribution < 1.29 is 19.8 Å². The van der Waals surface area contributed by atoms with E-state index < -0.39 is 5.97 Å². The van der Waals surface area contributed by atoms with Crippen LogP contribution in [-0.4, -0.2) is 35.6 Å². The second-order valence-electron chi connectivity index (χ2n) is 4.81. The number of aldehydes is 1. The SMILES string of the molecule is CNC(C)C.O=Cc1cccc2cc(O)cc(C(=O)O)c12. The van der Waals surface area contributed by atoms with Crippen molar-refractivity contribution in [3.05, 3.63) is 41.5 Å². The van der Waals surface area contributed by atoms with Gasteiger partial charge in [-0.3, -0.25) is 4.79 Å². The normalized spacial score (nSPS) is 10.1. The van der Waals surface area contributed by atoms with E-state index in [1.807, 2.05) is 7.05 Å². The van der Waals surface area contributed by atoms with Crippen LogP contribution in [0.25, 0.3) is 10.8 Å². The van der Waals surface area contributed by atoms with Crippen molar-refractivity contribution in [1.82, 2.24) is 5.32 Å². The third-order valence-corrected chi connectivity index (χ3v) is 2.93. The smallest absolute Gasteiger partial charge is 0.336 e. The molecule has 0 aliphatic rings. The summed E-state index contributed by atoms with van der Waals surface area (Å²) in [5, 5.41) is 22.3. The summed E-state index contributed by atoms with van der Waals surface area (Å²) in [5.74, 6) is -1.30. The van der Waals surface area contributed by atoms with Crippen LogP contribution in [0.5, 0.6) is 5.75 Å². The minimum absolute atomic E-state index is 0.0716. The van der Waals surface area contributed by atoms with Gasteiger partial charge in [0.25, 0.3) is 0 Å². The van der Waals surface area contributed by atoms with Gasteiger partial charge in [-0.05, 0) is 24.6 Å². The molecule has 5 nitrogen and oxygen atoms in total. The zero-order chi connectivity index (χ0) is 16.0. The van der Waals surface area contributed by atoms with Gasteiger partial charge in [0.1, 0.15) is 5.75 Å². The standard InChI is InChI=1S/C12H8O4.C4H11N/c13-6-8-3-1-2-7-4-9(14)5-10(11(7)8)12(15)16;1-4(2)5-3/h1-6,14H,(H,15,16);4-5H,1-3H3. The quantitative estimate of drug-likeness (QED) is 0.756. The predicted octanol–water partition coefficient (Wildman–Crippen LogP) is 2.67. The third-order valence-electron chi connectivity index (χ3n) is 2.93. The Hall–Kier alpha value is -2.40. The van der Waals surface area contributed by atoms with Crippen LogP contribution in [0.1, 0.15) is 34.6 Å². The summed E-state index contributed by atoms with van der Waals surface area (Å²) in [5.41, 5.74) is 0.229. The van der Waals surface area contributed by atoms with E-state index >= 15 is 0 Å². The Kier molecular flexibility index (Phi) is 5.87. The molecule has 0 atom stereocenters. The molecule has 0 saturated carbocycles. The second kappa shape index (κ2) is 7.40. The maximum Gasteiger partial charge on any atom is 0.336 e. The minimum atomic E-state index is -1.17. The number of fused-ring (bicyclic) bond motifs is 1. The van der Waals surface area contributed by atoms with Crippen LogP contribution < -0.4 is 5.32 Å². The van der Waals surface area contributed by atoms with Gasteiger partial charge in [0.15, 0.2) is 6.29 Å². The zero-order valence-corrected chi connectivity index (χ0v) is 12.3. The molecular formula is C16H19NO4. The monoisotopic (exact) mass is 289 g/mol. The van der Waals surface area contributed by atoms with Crippen LogP contribution in [0.4, 0.5) is 0 Å². The number of benzene rings is 2. The number of hydrogen-bond donors (Lipinski definition) is 3. The van der Waals surface area contributed by atoms with Crippen molar-refractivity contribution in [2.75, 3.05) is 7.05 Å². The second-order valence-corrected chi connectivity index (χ2v) is 4.81. The van der Waals surface area contributed by atoms with E-state index in [0.717, 1.165) is 6.07 Å². The van der Waals surface area contributed by atoms with Crippen molar-refractivity contribution in [2.24, 2.45) is 0 Å². The first-order valence-corrected chi connectivity index (χ1v) is 6.52. The number of carboxylic acid groups (broad SMARTS) is 1. The molecule has 2 aromatic carbocycles. The summed E-state index contributed by atoms with van der Waals surface area (Å²) in [6, 6.07) is 8.02. The molecular weight excluding hydrogens is 270 g/mol. The highest BCUT2D eigenvalue weighted by Crippen LogP contribution is 2.27. The Morgan fingerprint density at radius 1 is 1.29 bits per heavy atom. The van der Waals surface area contributed by atoms with Gasteiger partial charge < -0.3 is 15.5 Å². The summed E-state index contributed by atoms with van der Waals surface area (Å²) < 4.78 is 0. The van der Waals surface area contributed by atoms with E-state index in [1.165, 1.54) is 6.07 Å². The van der Waals surface area contributed by atoms with Crippen molar-refractivity contribution in [3.63, 3.8) is 0 Å². The maximum atomic E-state index is 11.0. The first-order chi connectivity index (χ1) is 9.90. The fraction of sp³-hybridized carbons (Fsp3) is 0.250. The fourth-order valence-corrected chi connectivity index (χ4v) is 1.71. The molecule has 5 heteroatoms. The molecule has 0 aliphatic carbocycles. The Balaban J connectivity index is 0.000000383. The van der Waals surface area contributed by atoms with E-state index in [9.17, 15) is 14.7 Å². The lowest BCUT2D eigenvalue weighted by atomic mass is 9.99. The molecule has 0 saturated heterocycles. The zero-order valence-electron chi connectivity index (χ0n) is 12.3. The van der Waals surface area contributed by atoms with Crippen molar-refractivity contribution in [2.45, 2.75) is 19.9 Å². The number of carbonyl (C=O) groups excluding carboxylic acids is 1. The number of phenols is 1. The number of carbonyl (C=O) groups is 2. The summed E-state index contributed by atoms with van der Waals surface area (Å²) in [6.45, 7) is 4.22. The Bertz CT molecular complexity index is 650. The highest BCUT2D eigenvalue weighted by Gasteiger charge is 2.13. The molecule has 0 heterocycles. The van der Waals surface area contributed by atoms with Crippen LogP contribution in [-0.2, 0) is 0 Å². The molecule has 0 aliphatic heterocycles. The molecule has 2 rings (SSSR count). The third kappa shape index (κ3) is 4.29. The van der Waals surface area contributed by atoms with E-state index in [0.29, 0.717) is 28.7 Å². The average Bonchev–Trinajstić information content (AvgIpc) is 2.45. The van der Waals surface area contributed by atoms with Crippen molar-refractivity contribution >= 4 is 23.0 Å². The van der Waals surface area contributed by atoms with E-state index in [1.54, 1.807) is 18.2 Å². The topological polar surface area (TPSA) is 86.6 Å². The number of aromatic carboxylic acids is 1. The molecule has 0 bridgehead atoms. The maximum absolute atomic E-state index is 11.0. The van der Waals surface area contributed by atoms with E-state index in [2.05, 4.69) is 19.2 Å². The summed E-state index contributed by atoms with van der Waals surface area (Å²) in [6.07, 6.45) is 0.603. The van der Waals surface area contributed by atoms with Gasteiger partial charge in [-0.1, -0.05) is 32.0 Å². The predicted molar refractivity (Wildman–Crippen MR) is 82.2 cm³/mol. The minimum Gasteiger partial charge on any atom is -0.508 e. The van der Waals surface area contributed by atoms with Gasteiger partial charge in [0.2, 0.25) is 0 Å². The van der Waals surface area contributed by atoms with Crippen LogP contribution in [0, 0.1) is 0 Å². The lowest BCUT2D eigenvalue weighted by Crippen LogP contribution is -2.15. The van der Waals surface area contributed by atoms with Gasteiger partial charge in [-0.2, -0.15) is 0 Å². The molecule has 0 spiro atoms. The Morgan fingerprint density at radius 2 is 1.90 bits per heavy atom. The lowest BCUT2D eigenvalue weighted by Gasteiger charge is -2.05. The van der Waals surface area contributed by atoms with Gasteiger partial charge in [-0.25, -0.2) is 4.79 Å². The highest BCUT2D eigenvalue weighted by atomic mass is 16.4. The number of rotatable bonds is 3. The van der Waals surface area contributed by atoms with E-state index in [4.69, 9.17) is 5.11 Å². The molecule has 0 fully saturated rings. The Morgan fingerprint density at radius 3 is 2.38 bits per heavy atom. The summed E-state index contributed by atoms with van der Waals surface area (Å²) >= 11 is 0. The molecule has 2 aromatic rings. The number of aromatic hydroxyl groups is 1. The highest BCUT2D eigenvalue weighted by molar-refractivity contribution is 6.10. The summed E-state index contributed by atoms with van der Waals surface area (Å²) in [7, 11) is 1.95. The van der Waals surface area contributed by atoms with Gasteiger partial charge in [-0.15, -0.1) is 0 Å². The molecule has 112 valence electrons. The van der Waals surface area contributed by atoms with Crippen LogP contribution in [0.15, 0.2) is 30.3 Å². The van der Waals surface area contributed by atoms with Gasteiger partial charge in [0.05, 0.1) is 5.56 Å². The molecule has 3 N–H and O–H groups in total. The van der Waals surface area contributed by atoms with Crippen LogP contribution in [0.3, 0.4) is 0 Å². The molecule has 21 heavy (non-hydrogen) atoms. The Labute approximate surface area is 123 Å². The van der Waals surface area contributed by atoms with Crippen molar-refractivity contribution in [1.29, 1.82) is 0 Å². The summed E-state index contributed by atoms with van der Waals surface area (Å²) in [4.78, 5) is 21.8.